The minimum Gasteiger partial charge on any atom is -0.497 e. The summed E-state index contributed by atoms with van der Waals surface area (Å²) < 4.78 is 5.23. The molecule has 2 N–H and O–H groups in total. The van der Waals surface area contributed by atoms with Crippen molar-refractivity contribution in [1.29, 1.82) is 0 Å². The number of nitrogens with zero attached hydrogens (tertiary/aromatic N) is 2. The summed E-state index contributed by atoms with van der Waals surface area (Å²) in [5, 5.41) is 5.60. The fourth-order valence-corrected chi connectivity index (χ4v) is 4.42. The van der Waals surface area contributed by atoms with Gasteiger partial charge < -0.3 is 20.3 Å². The van der Waals surface area contributed by atoms with Crippen LogP contribution in [0.4, 0.5) is 22.7 Å². The minimum atomic E-state index is -0.506. The predicted octanol–water partition coefficient (Wildman–Crippen LogP) is 3.29. The first-order chi connectivity index (χ1) is 17.4. The topological polar surface area (TPSA) is 108 Å². The van der Waals surface area contributed by atoms with Gasteiger partial charge in [-0.15, -0.1) is 0 Å². The van der Waals surface area contributed by atoms with Gasteiger partial charge in [-0.3, -0.25) is 24.1 Å². The number of para-hydroxylation sites is 2. The molecule has 2 aliphatic rings. The van der Waals surface area contributed by atoms with Crippen LogP contribution in [0.15, 0.2) is 72.8 Å². The average Bonchev–Trinajstić information content (AvgIpc) is 3.30. The normalized spacial score (nSPS) is 16.9. The summed E-state index contributed by atoms with van der Waals surface area (Å²) in [7, 11) is 1.56. The minimum absolute atomic E-state index is 0.0756. The molecule has 36 heavy (non-hydrogen) atoms. The highest BCUT2D eigenvalue weighted by atomic mass is 16.5. The lowest BCUT2D eigenvalue weighted by atomic mass is 10.1. The summed E-state index contributed by atoms with van der Waals surface area (Å²) in [4.78, 5) is 53.6. The SMILES string of the molecule is COc1cccc(N2CC(C(=O)Nc3ccc(C(=O)N4CC(=O)Nc5ccccc54)cc3)CC2=O)c1. The summed E-state index contributed by atoms with van der Waals surface area (Å²) in [6, 6.07) is 20.8. The summed E-state index contributed by atoms with van der Waals surface area (Å²) in [6.45, 7) is 0.193. The van der Waals surface area contributed by atoms with Gasteiger partial charge >= 0.3 is 0 Å². The average molecular weight is 485 g/mol. The van der Waals surface area contributed by atoms with Crippen LogP contribution in [0, 0.1) is 5.92 Å². The molecule has 0 radical (unpaired) electrons. The molecule has 3 aromatic rings. The standard InChI is InChI=1S/C27H24N4O5/c1-36-21-6-4-5-20(14-21)30-15-18(13-25(30)33)26(34)28-19-11-9-17(10-12-19)27(35)31-16-24(32)29-22-7-2-3-8-23(22)31/h2-12,14,18H,13,15-16H2,1H3,(H,28,34)(H,29,32). The molecule has 0 bridgehead atoms. The van der Waals surface area contributed by atoms with Gasteiger partial charge in [0.05, 0.1) is 24.4 Å². The van der Waals surface area contributed by atoms with E-state index in [2.05, 4.69) is 10.6 Å². The van der Waals surface area contributed by atoms with E-state index >= 15 is 0 Å². The summed E-state index contributed by atoms with van der Waals surface area (Å²) in [5.41, 5.74) is 2.80. The van der Waals surface area contributed by atoms with Crippen LogP contribution in [0.3, 0.4) is 0 Å². The van der Waals surface area contributed by atoms with E-state index in [0.29, 0.717) is 34.1 Å². The number of methoxy groups -OCH3 is 1. The van der Waals surface area contributed by atoms with Crippen molar-refractivity contribution in [3.05, 3.63) is 78.4 Å². The molecule has 1 unspecified atom stereocenters. The van der Waals surface area contributed by atoms with Crippen LogP contribution in [-0.4, -0.2) is 43.8 Å². The van der Waals surface area contributed by atoms with Gasteiger partial charge in [-0.25, -0.2) is 0 Å². The molecule has 0 saturated carbocycles. The number of hydrogen-bond acceptors (Lipinski definition) is 5. The maximum absolute atomic E-state index is 13.1. The molecule has 0 aliphatic carbocycles. The van der Waals surface area contributed by atoms with Gasteiger partial charge in [0, 0.05) is 36.0 Å². The molecule has 182 valence electrons. The van der Waals surface area contributed by atoms with Gasteiger partial charge in [-0.2, -0.15) is 0 Å². The zero-order valence-electron chi connectivity index (χ0n) is 19.6. The van der Waals surface area contributed by atoms with E-state index in [9.17, 15) is 19.2 Å². The van der Waals surface area contributed by atoms with E-state index in [1.165, 1.54) is 4.90 Å². The Hall–Kier alpha value is -4.66. The second-order valence-corrected chi connectivity index (χ2v) is 8.63. The molecule has 3 aromatic carbocycles. The highest BCUT2D eigenvalue weighted by molar-refractivity contribution is 6.15. The quantitative estimate of drug-likeness (QED) is 0.578. The lowest BCUT2D eigenvalue weighted by Crippen LogP contribution is -2.42. The van der Waals surface area contributed by atoms with Crippen LogP contribution in [-0.2, 0) is 14.4 Å². The van der Waals surface area contributed by atoms with Gasteiger partial charge in [0.15, 0.2) is 0 Å². The molecule has 9 nitrogen and oxygen atoms in total. The van der Waals surface area contributed by atoms with Gasteiger partial charge in [0.2, 0.25) is 17.7 Å². The molecule has 9 heteroatoms. The number of hydrogen-bond donors (Lipinski definition) is 2. The maximum Gasteiger partial charge on any atom is 0.258 e. The van der Waals surface area contributed by atoms with Gasteiger partial charge in [0.25, 0.3) is 5.91 Å². The molecule has 2 heterocycles. The number of fused-ring (bicyclic) bond motifs is 1. The summed E-state index contributed by atoms with van der Waals surface area (Å²) >= 11 is 0. The van der Waals surface area contributed by atoms with Crippen LogP contribution >= 0.6 is 0 Å². The van der Waals surface area contributed by atoms with Crippen molar-refractivity contribution in [1.82, 2.24) is 0 Å². The number of carbonyl (C=O) groups is 4. The van der Waals surface area contributed by atoms with E-state index < -0.39 is 5.92 Å². The molecular formula is C27H24N4O5. The summed E-state index contributed by atoms with van der Waals surface area (Å²) in [5.74, 6) is -0.847. The van der Waals surface area contributed by atoms with Crippen molar-refractivity contribution in [3.8, 4) is 5.75 Å². The third-order valence-corrected chi connectivity index (χ3v) is 6.28. The number of benzene rings is 3. The Labute approximate surface area is 207 Å². The Kier molecular flexibility index (Phi) is 6.12. The number of ether oxygens (including phenoxy) is 1. The van der Waals surface area contributed by atoms with Crippen molar-refractivity contribution in [3.63, 3.8) is 0 Å². The smallest absolute Gasteiger partial charge is 0.258 e. The number of nitrogens with one attached hydrogen (secondary N) is 2. The first-order valence-corrected chi connectivity index (χ1v) is 11.5. The monoisotopic (exact) mass is 484 g/mol. The van der Waals surface area contributed by atoms with E-state index in [1.54, 1.807) is 84.8 Å². The van der Waals surface area contributed by atoms with Crippen LogP contribution in [0.5, 0.6) is 5.75 Å². The van der Waals surface area contributed by atoms with Crippen molar-refractivity contribution < 1.29 is 23.9 Å². The van der Waals surface area contributed by atoms with Gasteiger partial charge in [0.1, 0.15) is 12.3 Å². The Balaban J connectivity index is 1.25. The van der Waals surface area contributed by atoms with E-state index in [1.807, 2.05) is 0 Å². The zero-order chi connectivity index (χ0) is 25.2. The first-order valence-electron chi connectivity index (χ1n) is 11.5. The van der Waals surface area contributed by atoms with Crippen molar-refractivity contribution in [2.24, 2.45) is 5.92 Å². The number of carbonyl (C=O) groups excluding carboxylic acids is 4. The van der Waals surface area contributed by atoms with Crippen LogP contribution in [0.1, 0.15) is 16.8 Å². The molecule has 1 saturated heterocycles. The van der Waals surface area contributed by atoms with E-state index in [-0.39, 0.29) is 43.1 Å². The number of anilines is 4. The Morgan fingerprint density at radius 2 is 1.78 bits per heavy atom. The predicted molar refractivity (Wildman–Crippen MR) is 135 cm³/mol. The second kappa shape index (κ2) is 9.53. The lowest BCUT2D eigenvalue weighted by molar-refractivity contribution is -0.122. The highest BCUT2D eigenvalue weighted by Gasteiger charge is 2.35. The van der Waals surface area contributed by atoms with Crippen molar-refractivity contribution >= 4 is 46.4 Å². The molecule has 2 aliphatic heterocycles. The Morgan fingerprint density at radius 3 is 2.56 bits per heavy atom. The summed E-state index contributed by atoms with van der Waals surface area (Å²) in [6.07, 6.45) is 0.107. The Bertz CT molecular complexity index is 1350. The zero-order valence-corrected chi connectivity index (χ0v) is 19.6. The van der Waals surface area contributed by atoms with Gasteiger partial charge in [-0.05, 0) is 48.5 Å². The molecule has 1 fully saturated rings. The van der Waals surface area contributed by atoms with Crippen LogP contribution < -0.4 is 25.2 Å². The van der Waals surface area contributed by atoms with E-state index in [0.717, 1.165) is 0 Å². The van der Waals surface area contributed by atoms with Crippen molar-refractivity contribution in [2.45, 2.75) is 6.42 Å². The van der Waals surface area contributed by atoms with Crippen LogP contribution in [0.2, 0.25) is 0 Å². The van der Waals surface area contributed by atoms with Gasteiger partial charge in [-0.1, -0.05) is 18.2 Å². The van der Waals surface area contributed by atoms with Crippen molar-refractivity contribution in [2.75, 3.05) is 40.6 Å². The van der Waals surface area contributed by atoms with E-state index in [4.69, 9.17) is 4.74 Å². The molecule has 0 aromatic heterocycles. The molecule has 5 rings (SSSR count). The highest BCUT2D eigenvalue weighted by Crippen LogP contribution is 2.31. The number of rotatable bonds is 5. The third kappa shape index (κ3) is 4.50. The fraction of sp³-hybridized carbons (Fsp3) is 0.185. The van der Waals surface area contributed by atoms with Crippen LogP contribution in [0.25, 0.3) is 0 Å². The Morgan fingerprint density at radius 1 is 1.00 bits per heavy atom. The molecule has 1 atom stereocenters. The molecule has 0 spiro atoms. The molecule has 4 amide bonds. The third-order valence-electron chi connectivity index (χ3n) is 6.28. The second-order valence-electron chi connectivity index (χ2n) is 8.63. The molecular weight excluding hydrogens is 460 g/mol. The number of amides is 4. The first kappa shape index (κ1) is 23.1. The largest absolute Gasteiger partial charge is 0.497 e. The lowest BCUT2D eigenvalue weighted by Gasteiger charge is -2.29. The maximum atomic E-state index is 13.1. The fourth-order valence-electron chi connectivity index (χ4n) is 4.42.